The monoisotopic (exact) mass is 215 g/mol. The number of aromatic hydroxyl groups is 1. The molecule has 0 radical (unpaired) electrons. The second-order valence-corrected chi connectivity index (χ2v) is 3.49. The van der Waals surface area contributed by atoms with Crippen LogP contribution in [0.15, 0.2) is 48.5 Å². The van der Waals surface area contributed by atoms with Crippen LogP contribution in [0.4, 0.5) is 5.69 Å². The number of benzene rings is 2. The zero-order valence-corrected chi connectivity index (χ0v) is 8.76. The van der Waals surface area contributed by atoms with Gasteiger partial charge >= 0.3 is 0 Å². The van der Waals surface area contributed by atoms with Crippen molar-refractivity contribution in [2.45, 2.75) is 6.61 Å². The minimum absolute atomic E-state index is 0.253. The lowest BCUT2D eigenvalue weighted by Crippen LogP contribution is -1.98. The third-order valence-corrected chi connectivity index (χ3v) is 2.25. The lowest BCUT2D eigenvalue weighted by Gasteiger charge is -2.08. The topological polar surface area (TPSA) is 55.5 Å². The summed E-state index contributed by atoms with van der Waals surface area (Å²) in [6.45, 7) is 0.439. The molecular formula is C13H13NO2. The molecule has 0 fully saturated rings. The van der Waals surface area contributed by atoms with E-state index >= 15 is 0 Å². The highest BCUT2D eigenvalue weighted by Gasteiger charge is 1.99. The fraction of sp³-hybridized carbons (Fsp3) is 0.0769. The smallest absolute Gasteiger partial charge is 0.142 e. The average Bonchev–Trinajstić information content (AvgIpc) is 2.30. The highest BCUT2D eigenvalue weighted by molar-refractivity contribution is 5.51. The second-order valence-electron chi connectivity index (χ2n) is 3.49. The van der Waals surface area contributed by atoms with Crippen LogP contribution in [-0.4, -0.2) is 5.11 Å². The largest absolute Gasteiger partial charge is 0.508 e. The van der Waals surface area contributed by atoms with Crippen LogP contribution >= 0.6 is 0 Å². The van der Waals surface area contributed by atoms with Crippen LogP contribution in [0, 0.1) is 0 Å². The van der Waals surface area contributed by atoms with Crippen molar-refractivity contribution in [1.82, 2.24) is 0 Å². The Hall–Kier alpha value is -2.16. The molecule has 0 saturated carbocycles. The summed E-state index contributed by atoms with van der Waals surface area (Å²) in [4.78, 5) is 0. The van der Waals surface area contributed by atoms with E-state index in [1.165, 1.54) is 0 Å². The molecule has 3 N–H and O–H groups in total. The Morgan fingerprint density at radius 1 is 1.00 bits per heavy atom. The molecule has 82 valence electrons. The summed E-state index contributed by atoms with van der Waals surface area (Å²) in [5.41, 5.74) is 7.36. The molecule has 2 rings (SSSR count). The number of para-hydroxylation sites is 2. The second kappa shape index (κ2) is 4.57. The maximum atomic E-state index is 9.13. The molecule has 2 aromatic carbocycles. The van der Waals surface area contributed by atoms with E-state index in [1.54, 1.807) is 18.2 Å². The quantitative estimate of drug-likeness (QED) is 0.773. The van der Waals surface area contributed by atoms with Crippen molar-refractivity contribution < 1.29 is 9.84 Å². The van der Waals surface area contributed by atoms with Gasteiger partial charge in [0.05, 0.1) is 5.69 Å². The van der Waals surface area contributed by atoms with E-state index in [0.717, 1.165) is 5.56 Å². The van der Waals surface area contributed by atoms with E-state index in [-0.39, 0.29) is 5.75 Å². The average molecular weight is 215 g/mol. The first-order chi connectivity index (χ1) is 7.75. The SMILES string of the molecule is Nc1ccccc1OCc1ccc(O)cc1. The summed E-state index contributed by atoms with van der Waals surface area (Å²) in [6.07, 6.45) is 0. The van der Waals surface area contributed by atoms with E-state index < -0.39 is 0 Å². The maximum Gasteiger partial charge on any atom is 0.142 e. The number of anilines is 1. The Labute approximate surface area is 94.1 Å². The van der Waals surface area contributed by atoms with Gasteiger partial charge in [-0.1, -0.05) is 24.3 Å². The summed E-state index contributed by atoms with van der Waals surface area (Å²) >= 11 is 0. The third kappa shape index (κ3) is 2.45. The summed E-state index contributed by atoms with van der Waals surface area (Å²) < 4.78 is 5.56. The van der Waals surface area contributed by atoms with Crippen molar-refractivity contribution in [3.05, 3.63) is 54.1 Å². The van der Waals surface area contributed by atoms with Gasteiger partial charge in [-0.25, -0.2) is 0 Å². The van der Waals surface area contributed by atoms with Gasteiger partial charge in [-0.2, -0.15) is 0 Å². The molecule has 0 bridgehead atoms. The Kier molecular flexibility index (Phi) is 2.96. The Morgan fingerprint density at radius 3 is 2.38 bits per heavy atom. The Morgan fingerprint density at radius 2 is 1.69 bits per heavy atom. The lowest BCUT2D eigenvalue weighted by molar-refractivity contribution is 0.308. The standard InChI is InChI=1S/C13H13NO2/c14-12-3-1-2-4-13(12)16-9-10-5-7-11(15)8-6-10/h1-8,15H,9,14H2. The van der Waals surface area contributed by atoms with Crippen LogP contribution in [0.2, 0.25) is 0 Å². The predicted octanol–water partition coefficient (Wildman–Crippen LogP) is 2.55. The fourth-order valence-electron chi connectivity index (χ4n) is 1.37. The number of nitrogens with two attached hydrogens (primary N) is 1. The molecule has 0 aromatic heterocycles. The first kappa shape index (κ1) is 10.4. The van der Waals surface area contributed by atoms with Gasteiger partial charge in [-0.15, -0.1) is 0 Å². The van der Waals surface area contributed by atoms with Gasteiger partial charge in [0, 0.05) is 0 Å². The molecule has 0 aliphatic heterocycles. The van der Waals surface area contributed by atoms with E-state index in [1.807, 2.05) is 30.3 Å². The van der Waals surface area contributed by atoms with Crippen molar-refractivity contribution in [3.63, 3.8) is 0 Å². The summed E-state index contributed by atoms with van der Waals surface area (Å²) in [5, 5.41) is 9.13. The van der Waals surface area contributed by atoms with Gasteiger partial charge in [-0.05, 0) is 29.8 Å². The zero-order valence-electron chi connectivity index (χ0n) is 8.76. The number of hydrogen-bond donors (Lipinski definition) is 2. The molecule has 0 amide bonds. The zero-order chi connectivity index (χ0) is 11.4. The first-order valence-electron chi connectivity index (χ1n) is 5.01. The van der Waals surface area contributed by atoms with Crippen LogP contribution in [0.25, 0.3) is 0 Å². The van der Waals surface area contributed by atoms with Gasteiger partial charge in [0.2, 0.25) is 0 Å². The van der Waals surface area contributed by atoms with Crippen molar-refractivity contribution in [2.75, 3.05) is 5.73 Å². The van der Waals surface area contributed by atoms with Crippen molar-refractivity contribution in [3.8, 4) is 11.5 Å². The molecule has 3 nitrogen and oxygen atoms in total. The van der Waals surface area contributed by atoms with Crippen molar-refractivity contribution >= 4 is 5.69 Å². The first-order valence-corrected chi connectivity index (χ1v) is 5.01. The summed E-state index contributed by atoms with van der Waals surface area (Å²) in [7, 11) is 0. The Balaban J connectivity index is 2.02. The van der Waals surface area contributed by atoms with Crippen LogP contribution in [-0.2, 0) is 6.61 Å². The molecular weight excluding hydrogens is 202 g/mol. The molecule has 0 atom stereocenters. The minimum Gasteiger partial charge on any atom is -0.508 e. The highest BCUT2D eigenvalue weighted by atomic mass is 16.5. The fourth-order valence-corrected chi connectivity index (χ4v) is 1.37. The van der Waals surface area contributed by atoms with E-state index in [2.05, 4.69) is 0 Å². The molecule has 0 saturated heterocycles. The number of hydrogen-bond acceptors (Lipinski definition) is 3. The van der Waals surface area contributed by atoms with Gasteiger partial charge in [0.25, 0.3) is 0 Å². The van der Waals surface area contributed by atoms with E-state index in [4.69, 9.17) is 15.6 Å². The number of rotatable bonds is 3. The molecule has 0 aliphatic rings. The molecule has 2 aromatic rings. The van der Waals surface area contributed by atoms with E-state index in [0.29, 0.717) is 18.0 Å². The number of ether oxygens (including phenoxy) is 1. The number of phenolic OH excluding ortho intramolecular Hbond substituents is 1. The maximum absolute atomic E-state index is 9.13. The highest BCUT2D eigenvalue weighted by Crippen LogP contribution is 2.21. The van der Waals surface area contributed by atoms with Crippen LogP contribution < -0.4 is 10.5 Å². The normalized spacial score (nSPS) is 10.0. The van der Waals surface area contributed by atoms with Crippen LogP contribution in [0.3, 0.4) is 0 Å². The lowest BCUT2D eigenvalue weighted by atomic mass is 10.2. The van der Waals surface area contributed by atoms with Crippen molar-refractivity contribution in [2.24, 2.45) is 0 Å². The van der Waals surface area contributed by atoms with Crippen LogP contribution in [0.5, 0.6) is 11.5 Å². The van der Waals surface area contributed by atoms with Gasteiger partial charge in [0.1, 0.15) is 18.1 Å². The number of nitrogen functional groups attached to an aromatic ring is 1. The van der Waals surface area contributed by atoms with Gasteiger partial charge in [0.15, 0.2) is 0 Å². The van der Waals surface area contributed by atoms with Crippen molar-refractivity contribution in [1.29, 1.82) is 0 Å². The summed E-state index contributed by atoms with van der Waals surface area (Å²) in [5.74, 6) is 0.929. The predicted molar refractivity (Wildman–Crippen MR) is 63.3 cm³/mol. The number of phenols is 1. The molecule has 0 aliphatic carbocycles. The molecule has 16 heavy (non-hydrogen) atoms. The Bertz CT molecular complexity index is 466. The molecule has 0 unspecified atom stereocenters. The molecule has 0 heterocycles. The minimum atomic E-state index is 0.253. The third-order valence-electron chi connectivity index (χ3n) is 2.25. The molecule has 3 heteroatoms. The van der Waals surface area contributed by atoms with Crippen LogP contribution in [0.1, 0.15) is 5.56 Å². The van der Waals surface area contributed by atoms with Gasteiger partial charge < -0.3 is 15.6 Å². The van der Waals surface area contributed by atoms with Gasteiger partial charge in [-0.3, -0.25) is 0 Å². The van der Waals surface area contributed by atoms with E-state index in [9.17, 15) is 0 Å². The summed E-state index contributed by atoms with van der Waals surface area (Å²) in [6, 6.07) is 14.3. The molecule has 0 spiro atoms.